The first-order chi connectivity index (χ1) is 17.3. The van der Waals surface area contributed by atoms with E-state index in [9.17, 15) is 0 Å². The van der Waals surface area contributed by atoms with Crippen LogP contribution in [0.5, 0.6) is 23.0 Å². The van der Waals surface area contributed by atoms with E-state index >= 15 is 0 Å². The standard InChI is InChI=1S/C29H20N2O4/c1-7-26-28(34-16-32-26)9-18(1)14-30-22-3-5-24-20(12-22)11-21-13-23(4-6-25(21)24)31-15-19-2-8-27-29(10-19)35-17-33-27/h1-10,12-15H,11,16-17H2. The minimum absolute atomic E-state index is 0.271. The Morgan fingerprint density at radius 3 is 1.51 bits per heavy atom. The van der Waals surface area contributed by atoms with Gasteiger partial charge in [0.1, 0.15) is 0 Å². The van der Waals surface area contributed by atoms with Gasteiger partial charge < -0.3 is 18.9 Å². The van der Waals surface area contributed by atoms with Crippen LogP contribution in [0.15, 0.2) is 82.8 Å². The van der Waals surface area contributed by atoms with Crippen molar-refractivity contribution in [3.05, 3.63) is 95.1 Å². The molecule has 0 fully saturated rings. The van der Waals surface area contributed by atoms with Gasteiger partial charge >= 0.3 is 0 Å². The minimum Gasteiger partial charge on any atom is -0.454 e. The van der Waals surface area contributed by atoms with Gasteiger partial charge in [0.15, 0.2) is 23.0 Å². The molecule has 7 rings (SSSR count). The molecular weight excluding hydrogens is 440 g/mol. The average Bonchev–Trinajstić information content (AvgIpc) is 3.63. The molecule has 0 unspecified atom stereocenters. The quantitative estimate of drug-likeness (QED) is 0.299. The summed E-state index contributed by atoms with van der Waals surface area (Å²) in [5, 5.41) is 0. The van der Waals surface area contributed by atoms with Crippen molar-refractivity contribution in [2.45, 2.75) is 6.42 Å². The second kappa shape index (κ2) is 8.02. The summed E-state index contributed by atoms with van der Waals surface area (Å²) in [7, 11) is 0. The topological polar surface area (TPSA) is 61.6 Å². The van der Waals surface area contributed by atoms with Crippen molar-refractivity contribution in [2.75, 3.05) is 13.6 Å². The zero-order valence-electron chi connectivity index (χ0n) is 18.7. The predicted octanol–water partition coefficient (Wildman–Crippen LogP) is 6.22. The van der Waals surface area contributed by atoms with E-state index in [4.69, 9.17) is 18.9 Å². The minimum atomic E-state index is 0.271. The third-order valence-electron chi connectivity index (χ3n) is 6.37. The molecule has 0 atom stereocenters. The number of fused-ring (bicyclic) bond motifs is 5. The molecule has 35 heavy (non-hydrogen) atoms. The van der Waals surface area contributed by atoms with Crippen LogP contribution in [0.4, 0.5) is 11.4 Å². The van der Waals surface area contributed by atoms with Crippen LogP contribution in [0.3, 0.4) is 0 Å². The number of aliphatic imine (C=N–C) groups is 2. The number of nitrogens with zero attached hydrogens (tertiary/aromatic N) is 2. The smallest absolute Gasteiger partial charge is 0.231 e. The van der Waals surface area contributed by atoms with Crippen molar-refractivity contribution in [1.29, 1.82) is 0 Å². The average molecular weight is 460 g/mol. The first-order valence-electron chi connectivity index (χ1n) is 11.4. The molecule has 170 valence electrons. The van der Waals surface area contributed by atoms with Crippen molar-refractivity contribution >= 4 is 23.8 Å². The molecule has 0 N–H and O–H groups in total. The fraction of sp³-hybridized carbons (Fsp3) is 0.103. The largest absolute Gasteiger partial charge is 0.454 e. The fourth-order valence-electron chi connectivity index (χ4n) is 4.63. The van der Waals surface area contributed by atoms with Crippen molar-refractivity contribution in [1.82, 2.24) is 0 Å². The van der Waals surface area contributed by atoms with Crippen LogP contribution in [-0.4, -0.2) is 26.0 Å². The zero-order valence-corrected chi connectivity index (χ0v) is 18.7. The molecule has 6 nitrogen and oxygen atoms in total. The molecule has 0 saturated heterocycles. The maximum absolute atomic E-state index is 5.45. The molecule has 0 bridgehead atoms. The van der Waals surface area contributed by atoms with Crippen LogP contribution >= 0.6 is 0 Å². The summed E-state index contributed by atoms with van der Waals surface area (Å²) in [5.41, 5.74) is 8.87. The van der Waals surface area contributed by atoms with Crippen LogP contribution in [0.1, 0.15) is 22.3 Å². The maximum atomic E-state index is 5.45. The molecule has 0 saturated carbocycles. The molecule has 0 aromatic heterocycles. The first kappa shape index (κ1) is 19.9. The molecule has 2 heterocycles. The van der Waals surface area contributed by atoms with Gasteiger partial charge in [-0.1, -0.05) is 12.1 Å². The van der Waals surface area contributed by atoms with Crippen LogP contribution in [0.2, 0.25) is 0 Å². The summed E-state index contributed by atoms with van der Waals surface area (Å²) in [6, 6.07) is 24.4. The third kappa shape index (κ3) is 3.69. The lowest BCUT2D eigenvalue weighted by atomic mass is 10.1. The molecule has 3 aliphatic rings. The molecule has 1 aliphatic carbocycles. The van der Waals surface area contributed by atoms with Gasteiger partial charge in [-0.05, 0) is 100 Å². The van der Waals surface area contributed by atoms with Crippen LogP contribution in [-0.2, 0) is 6.42 Å². The van der Waals surface area contributed by atoms with Crippen molar-refractivity contribution in [2.24, 2.45) is 9.98 Å². The van der Waals surface area contributed by atoms with Crippen molar-refractivity contribution in [3.8, 4) is 34.1 Å². The first-order valence-corrected chi connectivity index (χ1v) is 11.4. The van der Waals surface area contributed by atoms with Crippen LogP contribution in [0, 0.1) is 0 Å². The van der Waals surface area contributed by atoms with Gasteiger partial charge in [0, 0.05) is 12.4 Å². The predicted molar refractivity (Wildman–Crippen MR) is 134 cm³/mol. The molecule has 0 spiro atoms. The molecule has 6 heteroatoms. The van der Waals surface area contributed by atoms with Crippen LogP contribution < -0.4 is 18.9 Å². The normalized spacial score (nSPS) is 14.6. The number of hydrogen-bond donors (Lipinski definition) is 0. The summed E-state index contributed by atoms with van der Waals surface area (Å²) in [6.07, 6.45) is 4.58. The van der Waals surface area contributed by atoms with Crippen LogP contribution in [0.25, 0.3) is 11.1 Å². The van der Waals surface area contributed by atoms with Crippen molar-refractivity contribution in [3.63, 3.8) is 0 Å². The summed E-state index contributed by atoms with van der Waals surface area (Å²) in [6.45, 7) is 0.541. The molecular formula is C29H20N2O4. The fourth-order valence-corrected chi connectivity index (χ4v) is 4.63. The second-order valence-corrected chi connectivity index (χ2v) is 8.60. The van der Waals surface area contributed by atoms with Gasteiger partial charge in [-0.2, -0.15) is 0 Å². The lowest BCUT2D eigenvalue weighted by Crippen LogP contribution is -1.92. The Labute approximate surface area is 202 Å². The zero-order chi connectivity index (χ0) is 23.2. The van der Waals surface area contributed by atoms with Gasteiger partial charge in [-0.15, -0.1) is 0 Å². The monoisotopic (exact) mass is 460 g/mol. The molecule has 0 radical (unpaired) electrons. The number of ether oxygens (including phenoxy) is 4. The number of rotatable bonds is 4. The Bertz CT molecular complexity index is 1430. The van der Waals surface area contributed by atoms with Gasteiger partial charge in [0.05, 0.1) is 11.4 Å². The van der Waals surface area contributed by atoms with Gasteiger partial charge in [-0.3, -0.25) is 9.98 Å². The van der Waals surface area contributed by atoms with E-state index in [0.29, 0.717) is 0 Å². The maximum Gasteiger partial charge on any atom is 0.231 e. The Morgan fingerprint density at radius 2 is 1.00 bits per heavy atom. The van der Waals surface area contributed by atoms with Gasteiger partial charge in [0.2, 0.25) is 13.6 Å². The Hall–Kier alpha value is -4.58. The third-order valence-corrected chi connectivity index (χ3v) is 6.37. The summed E-state index contributed by atoms with van der Waals surface area (Å²) >= 11 is 0. The lowest BCUT2D eigenvalue weighted by Gasteiger charge is -2.03. The van der Waals surface area contributed by atoms with E-state index in [2.05, 4.69) is 46.4 Å². The van der Waals surface area contributed by atoms with E-state index in [0.717, 1.165) is 51.9 Å². The summed E-state index contributed by atoms with van der Waals surface area (Å²) in [4.78, 5) is 9.37. The van der Waals surface area contributed by atoms with Gasteiger partial charge in [0.25, 0.3) is 0 Å². The highest BCUT2D eigenvalue weighted by Crippen LogP contribution is 2.40. The Morgan fingerprint density at radius 1 is 0.514 bits per heavy atom. The second-order valence-electron chi connectivity index (χ2n) is 8.60. The number of hydrogen-bond acceptors (Lipinski definition) is 6. The highest BCUT2D eigenvalue weighted by molar-refractivity contribution is 5.86. The van der Waals surface area contributed by atoms with Crippen molar-refractivity contribution < 1.29 is 18.9 Å². The highest BCUT2D eigenvalue weighted by atomic mass is 16.7. The Kier molecular flexibility index (Phi) is 4.55. The van der Waals surface area contributed by atoms with E-state index < -0.39 is 0 Å². The van der Waals surface area contributed by atoms with E-state index in [1.54, 1.807) is 0 Å². The molecule has 4 aromatic rings. The van der Waals surface area contributed by atoms with E-state index in [1.807, 2.05) is 48.8 Å². The SMILES string of the molecule is C(=Nc1ccc2c(c1)Cc1cc(N=Cc3ccc4c(c3)OCO4)ccc1-2)c1ccc2c(c1)OCO2. The summed E-state index contributed by atoms with van der Waals surface area (Å²) < 4.78 is 21.7. The molecule has 2 aliphatic heterocycles. The van der Waals surface area contributed by atoms with Gasteiger partial charge in [-0.25, -0.2) is 0 Å². The lowest BCUT2D eigenvalue weighted by molar-refractivity contribution is 0.173. The number of benzene rings is 4. The molecule has 4 aromatic carbocycles. The summed E-state index contributed by atoms with van der Waals surface area (Å²) in [5.74, 6) is 3.07. The Balaban J connectivity index is 1.09. The molecule has 0 amide bonds. The van der Waals surface area contributed by atoms with E-state index in [1.165, 1.54) is 22.3 Å². The van der Waals surface area contributed by atoms with E-state index in [-0.39, 0.29) is 13.6 Å². The highest BCUT2D eigenvalue weighted by Gasteiger charge is 2.19.